The highest BCUT2D eigenvalue weighted by atomic mass is 16.1. The topological polar surface area (TPSA) is 20.3 Å². The molecule has 0 heterocycles. The Labute approximate surface area is 87.0 Å². The Balaban J connectivity index is 2.81. The fraction of sp³-hybridized carbons (Fsp3) is 0.750. The lowest BCUT2D eigenvalue weighted by atomic mass is 9.95. The second kappa shape index (κ2) is 5.18. The zero-order valence-corrected chi connectivity index (χ0v) is 9.60. The molecule has 0 atom stereocenters. The molecule has 2 nitrogen and oxygen atoms in total. The maximum absolute atomic E-state index is 11.5. The van der Waals surface area contributed by atoms with Gasteiger partial charge in [-0.15, -0.1) is 0 Å². The van der Waals surface area contributed by atoms with Gasteiger partial charge in [-0.05, 0) is 33.1 Å². The number of hydrogen-bond acceptors (Lipinski definition) is 2. The van der Waals surface area contributed by atoms with Crippen LogP contribution >= 0.6 is 0 Å². The van der Waals surface area contributed by atoms with Gasteiger partial charge in [0.15, 0.2) is 5.78 Å². The highest BCUT2D eigenvalue weighted by molar-refractivity contribution is 5.96. The van der Waals surface area contributed by atoms with Gasteiger partial charge in [0.1, 0.15) is 0 Å². The van der Waals surface area contributed by atoms with E-state index in [1.165, 1.54) is 5.70 Å². The largest absolute Gasteiger partial charge is 0.375 e. The van der Waals surface area contributed by atoms with Gasteiger partial charge in [0.05, 0.1) is 0 Å². The number of Topliss-reactive ketones (excluding diaryl/α,β-unsaturated/α-hetero) is 1. The minimum absolute atomic E-state index is 0.348. The zero-order chi connectivity index (χ0) is 10.6. The Morgan fingerprint density at radius 1 is 1.29 bits per heavy atom. The van der Waals surface area contributed by atoms with E-state index < -0.39 is 0 Å². The summed E-state index contributed by atoms with van der Waals surface area (Å²) in [5, 5.41) is 0. The van der Waals surface area contributed by atoms with Crippen LogP contribution in [0.25, 0.3) is 0 Å². The molecule has 0 aliphatic heterocycles. The lowest BCUT2D eigenvalue weighted by Gasteiger charge is -2.29. The van der Waals surface area contributed by atoms with Crippen LogP contribution in [0.15, 0.2) is 11.3 Å². The van der Waals surface area contributed by atoms with Gasteiger partial charge in [0, 0.05) is 30.8 Å². The molecule has 0 spiro atoms. The van der Waals surface area contributed by atoms with Gasteiger partial charge in [-0.3, -0.25) is 4.79 Å². The molecule has 0 N–H and O–H groups in total. The predicted molar refractivity (Wildman–Crippen MR) is 59.1 cm³/mol. The van der Waals surface area contributed by atoms with Gasteiger partial charge in [-0.2, -0.15) is 0 Å². The van der Waals surface area contributed by atoms with Crippen LogP contribution in [0.5, 0.6) is 0 Å². The summed E-state index contributed by atoms with van der Waals surface area (Å²) in [5.41, 5.74) is 2.30. The van der Waals surface area contributed by atoms with Crippen molar-refractivity contribution in [2.75, 3.05) is 13.1 Å². The van der Waals surface area contributed by atoms with Gasteiger partial charge in [0.2, 0.25) is 0 Å². The summed E-state index contributed by atoms with van der Waals surface area (Å²) < 4.78 is 0. The van der Waals surface area contributed by atoms with Crippen LogP contribution in [0.1, 0.15) is 46.5 Å². The van der Waals surface area contributed by atoms with E-state index in [1.54, 1.807) is 0 Å². The van der Waals surface area contributed by atoms with Gasteiger partial charge in [-0.25, -0.2) is 0 Å². The molecule has 0 aromatic heterocycles. The van der Waals surface area contributed by atoms with E-state index in [0.29, 0.717) is 5.78 Å². The minimum Gasteiger partial charge on any atom is -0.375 e. The molecule has 14 heavy (non-hydrogen) atoms. The van der Waals surface area contributed by atoms with E-state index in [9.17, 15) is 4.79 Å². The van der Waals surface area contributed by atoms with Crippen LogP contribution in [0.4, 0.5) is 0 Å². The normalized spacial score (nSPS) is 17.5. The molecule has 0 aromatic carbocycles. The monoisotopic (exact) mass is 195 g/mol. The Kier molecular flexibility index (Phi) is 4.18. The standard InChI is InChI=1S/C12H21NO/c1-4-9-13(5-2)11-7-6-8-12(14)10(11)3/h4-9H2,1-3H3. The summed E-state index contributed by atoms with van der Waals surface area (Å²) in [7, 11) is 0. The van der Waals surface area contributed by atoms with Crippen molar-refractivity contribution in [2.45, 2.75) is 46.5 Å². The van der Waals surface area contributed by atoms with Gasteiger partial charge in [-0.1, -0.05) is 6.92 Å². The van der Waals surface area contributed by atoms with Crippen LogP contribution < -0.4 is 0 Å². The number of carbonyl (C=O) groups excluding carboxylic acids is 1. The molecule has 2 heteroatoms. The van der Waals surface area contributed by atoms with Crippen molar-refractivity contribution < 1.29 is 4.79 Å². The Hall–Kier alpha value is -0.790. The second-order valence-electron chi connectivity index (χ2n) is 3.93. The average molecular weight is 195 g/mol. The van der Waals surface area contributed by atoms with E-state index in [1.807, 2.05) is 6.92 Å². The van der Waals surface area contributed by atoms with Crippen LogP contribution in [-0.4, -0.2) is 23.8 Å². The predicted octanol–water partition coefficient (Wildman–Crippen LogP) is 2.75. The number of allylic oxidation sites excluding steroid dienone is 2. The quantitative estimate of drug-likeness (QED) is 0.687. The molecule has 1 rings (SSSR count). The number of rotatable bonds is 4. The van der Waals surface area contributed by atoms with Crippen LogP contribution in [0, 0.1) is 0 Å². The fourth-order valence-corrected chi connectivity index (χ4v) is 2.10. The summed E-state index contributed by atoms with van der Waals surface area (Å²) in [6.07, 6.45) is 4.02. The summed E-state index contributed by atoms with van der Waals surface area (Å²) in [5.74, 6) is 0.348. The molecular weight excluding hydrogens is 174 g/mol. The third-order valence-electron chi connectivity index (χ3n) is 2.93. The zero-order valence-electron chi connectivity index (χ0n) is 9.60. The first-order chi connectivity index (χ1) is 6.70. The van der Waals surface area contributed by atoms with Crippen molar-refractivity contribution in [1.29, 1.82) is 0 Å². The maximum atomic E-state index is 11.5. The van der Waals surface area contributed by atoms with Gasteiger partial charge in [0.25, 0.3) is 0 Å². The first kappa shape index (κ1) is 11.3. The molecule has 0 saturated carbocycles. The van der Waals surface area contributed by atoms with E-state index in [0.717, 1.165) is 44.3 Å². The highest BCUT2D eigenvalue weighted by Gasteiger charge is 2.19. The van der Waals surface area contributed by atoms with Crippen molar-refractivity contribution >= 4 is 5.78 Å². The molecule has 1 aliphatic carbocycles. The lowest BCUT2D eigenvalue weighted by Crippen LogP contribution is -2.28. The average Bonchev–Trinajstić information content (AvgIpc) is 2.19. The molecule has 0 saturated heterocycles. The molecule has 0 bridgehead atoms. The van der Waals surface area contributed by atoms with Gasteiger partial charge < -0.3 is 4.90 Å². The van der Waals surface area contributed by atoms with Crippen molar-refractivity contribution in [3.63, 3.8) is 0 Å². The molecule has 80 valence electrons. The Morgan fingerprint density at radius 3 is 2.57 bits per heavy atom. The van der Waals surface area contributed by atoms with Crippen molar-refractivity contribution in [3.8, 4) is 0 Å². The van der Waals surface area contributed by atoms with Crippen LogP contribution in [-0.2, 0) is 4.79 Å². The molecule has 0 radical (unpaired) electrons. The first-order valence-electron chi connectivity index (χ1n) is 5.68. The Morgan fingerprint density at radius 2 is 2.00 bits per heavy atom. The summed E-state index contributed by atoms with van der Waals surface area (Å²) in [4.78, 5) is 13.9. The third-order valence-corrected chi connectivity index (χ3v) is 2.93. The molecule has 0 unspecified atom stereocenters. The van der Waals surface area contributed by atoms with Gasteiger partial charge >= 0.3 is 0 Å². The van der Waals surface area contributed by atoms with Crippen LogP contribution in [0.3, 0.4) is 0 Å². The van der Waals surface area contributed by atoms with Crippen LogP contribution in [0.2, 0.25) is 0 Å². The van der Waals surface area contributed by atoms with E-state index >= 15 is 0 Å². The van der Waals surface area contributed by atoms with E-state index in [2.05, 4.69) is 18.7 Å². The Bertz CT molecular complexity index is 243. The summed E-state index contributed by atoms with van der Waals surface area (Å²) in [6.45, 7) is 8.43. The van der Waals surface area contributed by atoms with Crippen molar-refractivity contribution in [3.05, 3.63) is 11.3 Å². The summed E-state index contributed by atoms with van der Waals surface area (Å²) in [6, 6.07) is 0. The second-order valence-corrected chi connectivity index (χ2v) is 3.93. The highest BCUT2D eigenvalue weighted by Crippen LogP contribution is 2.24. The molecule has 1 aliphatic rings. The summed E-state index contributed by atoms with van der Waals surface area (Å²) >= 11 is 0. The third kappa shape index (κ3) is 2.37. The van der Waals surface area contributed by atoms with Crippen molar-refractivity contribution in [1.82, 2.24) is 4.90 Å². The lowest BCUT2D eigenvalue weighted by molar-refractivity contribution is -0.116. The molecule has 0 fully saturated rings. The molecular formula is C12H21NO. The first-order valence-corrected chi connectivity index (χ1v) is 5.68. The molecule has 0 aromatic rings. The smallest absolute Gasteiger partial charge is 0.160 e. The number of hydrogen-bond donors (Lipinski definition) is 0. The fourth-order valence-electron chi connectivity index (χ4n) is 2.10. The number of carbonyl (C=O) groups is 1. The molecule has 0 amide bonds. The maximum Gasteiger partial charge on any atom is 0.160 e. The number of ketones is 1. The number of nitrogens with zero attached hydrogens (tertiary/aromatic N) is 1. The minimum atomic E-state index is 0.348. The van der Waals surface area contributed by atoms with E-state index in [-0.39, 0.29) is 0 Å². The van der Waals surface area contributed by atoms with E-state index in [4.69, 9.17) is 0 Å². The van der Waals surface area contributed by atoms with Crippen molar-refractivity contribution in [2.24, 2.45) is 0 Å². The SMILES string of the molecule is CCCN(CC)C1=C(C)C(=O)CCC1.